The Morgan fingerprint density at radius 1 is 1.15 bits per heavy atom. The van der Waals surface area contributed by atoms with Gasteiger partial charge in [-0.05, 0) is 68.7 Å². The molecule has 0 aromatic carbocycles. The molecule has 4 rings (SSSR count). The molecule has 2 aromatic heterocycles. The van der Waals surface area contributed by atoms with Crippen molar-refractivity contribution in [3.63, 3.8) is 0 Å². The van der Waals surface area contributed by atoms with E-state index in [1.165, 1.54) is 12.8 Å². The maximum atomic E-state index is 13.5. The maximum absolute atomic E-state index is 13.5. The number of nitrogens with zero attached hydrogens (tertiary/aromatic N) is 4. The molecule has 2 fully saturated rings. The third-order valence-electron chi connectivity index (χ3n) is 7.26. The van der Waals surface area contributed by atoms with E-state index in [0.29, 0.717) is 23.9 Å². The van der Waals surface area contributed by atoms with Crippen LogP contribution in [0.4, 0.5) is 0 Å². The summed E-state index contributed by atoms with van der Waals surface area (Å²) < 4.78 is 1.88. The lowest BCUT2D eigenvalue weighted by molar-refractivity contribution is -0.129. The first kappa shape index (κ1) is 23.7. The highest BCUT2D eigenvalue weighted by molar-refractivity contribution is 6.00. The molecule has 2 amide bonds. The predicted molar refractivity (Wildman–Crippen MR) is 130 cm³/mol. The summed E-state index contributed by atoms with van der Waals surface area (Å²) in [6.45, 7) is 12.0. The van der Waals surface area contributed by atoms with Crippen molar-refractivity contribution in [2.45, 2.75) is 65.5 Å². The molecule has 3 atom stereocenters. The van der Waals surface area contributed by atoms with Crippen LogP contribution in [0.15, 0.2) is 30.9 Å². The van der Waals surface area contributed by atoms with Crippen LogP contribution < -0.4 is 5.32 Å². The minimum atomic E-state index is -0.0983. The van der Waals surface area contributed by atoms with Crippen LogP contribution in [0.2, 0.25) is 0 Å². The summed E-state index contributed by atoms with van der Waals surface area (Å²) in [5.41, 5.74) is 1.49. The highest BCUT2D eigenvalue weighted by Gasteiger charge is 2.37. The SMILES string of the molecule is CC(C)C[C@@H]1CCN(C(=O)c2cccn3cncc23)C[C@H]1NC(=O)[C@@H](C(C)C)N1CCCC1. The van der Waals surface area contributed by atoms with Crippen molar-refractivity contribution in [2.24, 2.45) is 17.8 Å². The molecular weight excluding hydrogens is 414 g/mol. The summed E-state index contributed by atoms with van der Waals surface area (Å²) in [6, 6.07) is 3.63. The molecule has 2 aromatic rings. The lowest BCUT2D eigenvalue weighted by atomic mass is 9.84. The van der Waals surface area contributed by atoms with Crippen LogP contribution in [0.1, 0.15) is 63.7 Å². The molecule has 1 N–H and O–H groups in total. The average molecular weight is 454 g/mol. The number of fused-ring (bicyclic) bond motifs is 1. The van der Waals surface area contributed by atoms with Crippen LogP contribution in [-0.4, -0.2) is 69.3 Å². The van der Waals surface area contributed by atoms with Crippen molar-refractivity contribution >= 4 is 17.3 Å². The smallest absolute Gasteiger partial charge is 0.256 e. The Balaban J connectivity index is 1.52. The van der Waals surface area contributed by atoms with E-state index in [1.807, 2.05) is 27.6 Å². The van der Waals surface area contributed by atoms with Gasteiger partial charge in [-0.1, -0.05) is 27.7 Å². The van der Waals surface area contributed by atoms with E-state index in [4.69, 9.17) is 0 Å². The lowest BCUT2D eigenvalue weighted by Gasteiger charge is -2.41. The van der Waals surface area contributed by atoms with Gasteiger partial charge in [0.2, 0.25) is 5.91 Å². The Morgan fingerprint density at radius 3 is 2.61 bits per heavy atom. The summed E-state index contributed by atoms with van der Waals surface area (Å²) in [6.07, 6.45) is 9.66. The number of aromatic nitrogens is 2. The number of rotatable bonds is 7. The van der Waals surface area contributed by atoms with E-state index < -0.39 is 0 Å². The Hall–Kier alpha value is -2.41. The molecule has 0 saturated carbocycles. The van der Waals surface area contributed by atoms with Crippen LogP contribution in [-0.2, 0) is 4.79 Å². The van der Waals surface area contributed by atoms with Crippen molar-refractivity contribution in [1.82, 2.24) is 24.5 Å². The monoisotopic (exact) mass is 453 g/mol. The molecule has 0 radical (unpaired) electrons. The van der Waals surface area contributed by atoms with Crippen molar-refractivity contribution in [3.05, 3.63) is 36.4 Å². The Kier molecular flexibility index (Phi) is 7.37. The highest BCUT2D eigenvalue weighted by atomic mass is 16.2. The second-order valence-corrected chi connectivity index (χ2v) is 10.6. The standard InChI is InChI=1S/C26H39N5O2/c1-18(2)14-20-9-13-30(26(33)21-8-7-12-31-17-27-15-23(21)31)16-22(20)28-25(32)24(19(3)4)29-10-5-6-11-29/h7-8,12,15,17-20,22,24H,5-6,9-11,13-14,16H2,1-4H3,(H,28,32)/t20-,22+,24+/m0/s1. The predicted octanol–water partition coefficient (Wildman–Crippen LogP) is 3.45. The molecule has 33 heavy (non-hydrogen) atoms. The van der Waals surface area contributed by atoms with E-state index >= 15 is 0 Å². The first-order chi connectivity index (χ1) is 15.8. The second-order valence-electron chi connectivity index (χ2n) is 10.6. The number of carbonyl (C=O) groups excluding carboxylic acids is 2. The molecule has 4 heterocycles. The molecule has 0 bridgehead atoms. The van der Waals surface area contributed by atoms with E-state index in [-0.39, 0.29) is 29.8 Å². The normalized spacial score (nSPS) is 22.9. The number of hydrogen-bond donors (Lipinski definition) is 1. The van der Waals surface area contributed by atoms with Gasteiger partial charge in [-0.3, -0.25) is 14.5 Å². The largest absolute Gasteiger partial charge is 0.350 e. The zero-order valence-electron chi connectivity index (χ0n) is 20.5. The maximum Gasteiger partial charge on any atom is 0.256 e. The Labute approximate surface area is 197 Å². The summed E-state index contributed by atoms with van der Waals surface area (Å²) in [7, 11) is 0. The van der Waals surface area contributed by atoms with Gasteiger partial charge in [0, 0.05) is 25.3 Å². The van der Waals surface area contributed by atoms with Crippen molar-refractivity contribution < 1.29 is 9.59 Å². The number of hydrogen-bond acceptors (Lipinski definition) is 4. The van der Waals surface area contributed by atoms with Gasteiger partial charge >= 0.3 is 0 Å². The molecular formula is C26H39N5O2. The van der Waals surface area contributed by atoms with Gasteiger partial charge in [-0.2, -0.15) is 0 Å². The molecule has 0 unspecified atom stereocenters. The minimum Gasteiger partial charge on any atom is -0.350 e. The first-order valence-electron chi connectivity index (χ1n) is 12.6. The molecule has 2 aliphatic heterocycles. The van der Waals surface area contributed by atoms with E-state index in [0.717, 1.165) is 38.0 Å². The Morgan fingerprint density at radius 2 is 1.91 bits per heavy atom. The van der Waals surface area contributed by atoms with Crippen LogP contribution in [0, 0.1) is 17.8 Å². The second kappa shape index (κ2) is 10.2. The molecule has 0 spiro atoms. The van der Waals surface area contributed by atoms with Crippen LogP contribution in [0.3, 0.4) is 0 Å². The van der Waals surface area contributed by atoms with E-state index in [2.05, 4.69) is 42.9 Å². The van der Waals surface area contributed by atoms with Gasteiger partial charge in [0.15, 0.2) is 0 Å². The number of imidazole rings is 1. The first-order valence-corrected chi connectivity index (χ1v) is 12.6. The number of nitrogens with one attached hydrogen (secondary N) is 1. The quantitative estimate of drug-likeness (QED) is 0.697. The fraction of sp³-hybridized carbons (Fsp3) is 0.654. The van der Waals surface area contributed by atoms with E-state index in [9.17, 15) is 9.59 Å². The zero-order valence-corrected chi connectivity index (χ0v) is 20.5. The third kappa shape index (κ3) is 5.24. The van der Waals surface area contributed by atoms with Crippen molar-refractivity contribution in [2.75, 3.05) is 26.2 Å². The molecule has 0 aliphatic carbocycles. The van der Waals surface area contributed by atoms with Gasteiger partial charge in [0.05, 0.1) is 29.6 Å². The van der Waals surface area contributed by atoms with Gasteiger partial charge in [-0.15, -0.1) is 0 Å². The van der Waals surface area contributed by atoms with Crippen molar-refractivity contribution in [1.29, 1.82) is 0 Å². The van der Waals surface area contributed by atoms with Crippen LogP contribution in [0.25, 0.3) is 5.52 Å². The summed E-state index contributed by atoms with van der Waals surface area (Å²) >= 11 is 0. The molecule has 2 aliphatic rings. The van der Waals surface area contributed by atoms with Gasteiger partial charge in [-0.25, -0.2) is 4.98 Å². The summed E-state index contributed by atoms with van der Waals surface area (Å²) in [5, 5.41) is 3.41. The molecule has 180 valence electrons. The fourth-order valence-electron chi connectivity index (χ4n) is 5.71. The van der Waals surface area contributed by atoms with Gasteiger partial charge in [0.1, 0.15) is 0 Å². The number of carbonyl (C=O) groups is 2. The minimum absolute atomic E-state index is 0.0169. The number of piperidine rings is 1. The van der Waals surface area contributed by atoms with Gasteiger partial charge in [0.25, 0.3) is 5.91 Å². The number of likely N-dealkylation sites (tertiary alicyclic amines) is 2. The molecule has 2 saturated heterocycles. The van der Waals surface area contributed by atoms with Gasteiger partial charge < -0.3 is 14.6 Å². The van der Waals surface area contributed by atoms with Crippen LogP contribution >= 0.6 is 0 Å². The van der Waals surface area contributed by atoms with E-state index in [1.54, 1.807) is 12.5 Å². The number of amides is 2. The third-order valence-corrected chi connectivity index (χ3v) is 7.26. The number of pyridine rings is 1. The average Bonchev–Trinajstić information content (AvgIpc) is 3.46. The topological polar surface area (TPSA) is 70.0 Å². The highest BCUT2D eigenvalue weighted by Crippen LogP contribution is 2.27. The van der Waals surface area contributed by atoms with Crippen molar-refractivity contribution in [3.8, 4) is 0 Å². The zero-order chi connectivity index (χ0) is 23.5. The molecule has 7 nitrogen and oxygen atoms in total. The molecule has 7 heteroatoms. The van der Waals surface area contributed by atoms with Crippen LogP contribution in [0.5, 0.6) is 0 Å². The lowest BCUT2D eigenvalue weighted by Crippen LogP contribution is -2.58. The summed E-state index contributed by atoms with van der Waals surface area (Å²) in [4.78, 5) is 35.4. The summed E-state index contributed by atoms with van der Waals surface area (Å²) in [5.74, 6) is 1.33. The Bertz CT molecular complexity index is 962. The fourth-order valence-corrected chi connectivity index (χ4v) is 5.71.